The quantitative estimate of drug-likeness (QED) is 0.658. The monoisotopic (exact) mass is 478 g/mol. The van der Waals surface area contributed by atoms with Crippen LogP contribution >= 0.6 is 11.6 Å². The van der Waals surface area contributed by atoms with Crippen LogP contribution in [0.4, 0.5) is 5.69 Å². The number of pyridine rings is 1. The smallest absolute Gasteiger partial charge is 0.255 e. The molecule has 0 bridgehead atoms. The molecule has 10 heteroatoms. The van der Waals surface area contributed by atoms with Crippen LogP contribution in [0, 0.1) is 5.92 Å². The van der Waals surface area contributed by atoms with Crippen LogP contribution in [-0.4, -0.2) is 60.6 Å². The summed E-state index contributed by atoms with van der Waals surface area (Å²) in [5.41, 5.74) is 0.834. The van der Waals surface area contributed by atoms with Gasteiger partial charge in [-0.25, -0.2) is 8.42 Å². The Kier molecular flexibility index (Phi) is 7.86. The number of piperidine rings is 1. The molecule has 172 valence electrons. The maximum atomic E-state index is 13.1. The molecule has 1 N–H and O–H groups in total. The minimum atomic E-state index is -3.71. The molecule has 1 fully saturated rings. The molecule has 1 saturated heterocycles. The van der Waals surface area contributed by atoms with Gasteiger partial charge in [0.25, 0.3) is 5.91 Å². The van der Waals surface area contributed by atoms with Gasteiger partial charge in [-0.15, -0.1) is 0 Å². The Morgan fingerprint density at radius 2 is 1.75 bits per heavy atom. The van der Waals surface area contributed by atoms with Crippen LogP contribution in [0.1, 0.15) is 37.0 Å². The first-order valence-electron chi connectivity index (χ1n) is 10.6. The summed E-state index contributed by atoms with van der Waals surface area (Å²) in [5.74, 6) is -0.634. The van der Waals surface area contributed by atoms with E-state index in [9.17, 15) is 18.0 Å². The first kappa shape index (κ1) is 24.2. The number of aromatic nitrogens is 1. The van der Waals surface area contributed by atoms with Crippen LogP contribution in [0.15, 0.2) is 47.6 Å². The summed E-state index contributed by atoms with van der Waals surface area (Å²) >= 11 is 6.25. The lowest BCUT2D eigenvalue weighted by Gasteiger charge is -2.31. The van der Waals surface area contributed by atoms with Crippen LogP contribution < -0.4 is 5.32 Å². The molecule has 0 aliphatic carbocycles. The summed E-state index contributed by atoms with van der Waals surface area (Å²) in [6.45, 7) is 4.96. The van der Waals surface area contributed by atoms with E-state index in [-0.39, 0.29) is 33.2 Å². The first-order valence-corrected chi connectivity index (χ1v) is 12.4. The van der Waals surface area contributed by atoms with E-state index in [0.29, 0.717) is 44.7 Å². The van der Waals surface area contributed by atoms with E-state index < -0.39 is 10.0 Å². The van der Waals surface area contributed by atoms with Crippen molar-refractivity contribution in [3.8, 4) is 0 Å². The van der Waals surface area contributed by atoms with Gasteiger partial charge < -0.3 is 10.2 Å². The van der Waals surface area contributed by atoms with Crippen LogP contribution in [-0.2, 0) is 14.8 Å². The molecular formula is C22H27ClN4O4S. The van der Waals surface area contributed by atoms with Gasteiger partial charge in [0.15, 0.2) is 0 Å². The highest BCUT2D eigenvalue weighted by Gasteiger charge is 2.30. The number of amides is 2. The van der Waals surface area contributed by atoms with Crippen LogP contribution in [0.2, 0.25) is 5.02 Å². The SMILES string of the molecule is CCN(CC)S(=O)(=O)c1ccc(Cl)c(C(=O)N2CCC(C(=O)Nc3ccncc3)CC2)c1. The molecule has 0 atom stereocenters. The normalized spacial score (nSPS) is 15.1. The Labute approximate surface area is 193 Å². The lowest BCUT2D eigenvalue weighted by atomic mass is 9.95. The minimum absolute atomic E-state index is 0.0422. The maximum Gasteiger partial charge on any atom is 0.255 e. The lowest BCUT2D eigenvalue weighted by molar-refractivity contribution is -0.121. The third kappa shape index (κ3) is 5.28. The number of hydrogen-bond donors (Lipinski definition) is 1. The zero-order valence-electron chi connectivity index (χ0n) is 18.1. The Morgan fingerprint density at radius 1 is 1.12 bits per heavy atom. The van der Waals surface area contributed by atoms with Gasteiger partial charge in [-0.2, -0.15) is 4.31 Å². The number of likely N-dealkylation sites (tertiary alicyclic amines) is 1. The molecule has 1 aliphatic heterocycles. The van der Waals surface area contributed by atoms with Crippen molar-refractivity contribution in [1.29, 1.82) is 0 Å². The van der Waals surface area contributed by atoms with E-state index in [2.05, 4.69) is 10.3 Å². The number of anilines is 1. The number of hydrogen-bond acceptors (Lipinski definition) is 5. The second-order valence-corrected chi connectivity index (χ2v) is 9.87. The Morgan fingerprint density at radius 3 is 2.34 bits per heavy atom. The predicted molar refractivity (Wildman–Crippen MR) is 123 cm³/mol. The summed E-state index contributed by atoms with van der Waals surface area (Å²) in [5, 5.41) is 3.07. The molecule has 3 rings (SSSR count). The van der Waals surface area contributed by atoms with E-state index >= 15 is 0 Å². The number of carbonyl (C=O) groups excluding carboxylic acids is 2. The molecule has 8 nitrogen and oxygen atoms in total. The average molecular weight is 479 g/mol. The maximum absolute atomic E-state index is 13.1. The summed E-state index contributed by atoms with van der Waals surface area (Å²) < 4.78 is 27.0. The summed E-state index contributed by atoms with van der Waals surface area (Å²) in [7, 11) is -3.71. The van der Waals surface area contributed by atoms with Crippen molar-refractivity contribution in [2.45, 2.75) is 31.6 Å². The van der Waals surface area contributed by atoms with Gasteiger partial charge in [0.2, 0.25) is 15.9 Å². The van der Waals surface area contributed by atoms with E-state index in [1.807, 2.05) is 0 Å². The molecule has 32 heavy (non-hydrogen) atoms. The van der Waals surface area contributed by atoms with Crippen LogP contribution in [0.5, 0.6) is 0 Å². The van der Waals surface area contributed by atoms with Crippen molar-refractivity contribution in [1.82, 2.24) is 14.2 Å². The second kappa shape index (κ2) is 10.4. The molecule has 1 aromatic heterocycles. The zero-order chi connectivity index (χ0) is 23.3. The van der Waals surface area contributed by atoms with Gasteiger partial charge in [-0.3, -0.25) is 14.6 Å². The fraction of sp³-hybridized carbons (Fsp3) is 0.409. The average Bonchev–Trinajstić information content (AvgIpc) is 2.80. The largest absolute Gasteiger partial charge is 0.339 e. The van der Waals surface area contributed by atoms with Gasteiger partial charge >= 0.3 is 0 Å². The predicted octanol–water partition coefficient (Wildman–Crippen LogP) is 3.26. The molecule has 2 amide bonds. The number of nitrogens with one attached hydrogen (secondary N) is 1. The molecule has 1 aliphatic rings. The minimum Gasteiger partial charge on any atom is -0.339 e. The molecule has 0 radical (unpaired) electrons. The summed E-state index contributed by atoms with van der Waals surface area (Å²) in [6, 6.07) is 7.65. The van der Waals surface area contributed by atoms with E-state index in [0.717, 1.165) is 0 Å². The highest BCUT2D eigenvalue weighted by molar-refractivity contribution is 7.89. The van der Waals surface area contributed by atoms with Crippen molar-refractivity contribution in [3.63, 3.8) is 0 Å². The third-order valence-corrected chi connectivity index (χ3v) is 7.99. The van der Waals surface area contributed by atoms with Crippen molar-refractivity contribution < 1.29 is 18.0 Å². The molecule has 2 heterocycles. The van der Waals surface area contributed by atoms with E-state index in [4.69, 9.17) is 11.6 Å². The van der Waals surface area contributed by atoms with Gasteiger partial charge in [0, 0.05) is 50.2 Å². The Hall–Kier alpha value is -2.49. The molecule has 0 spiro atoms. The molecule has 2 aromatic rings. The molecule has 0 unspecified atom stereocenters. The Bertz CT molecular complexity index is 1070. The third-order valence-electron chi connectivity index (χ3n) is 5.61. The van der Waals surface area contributed by atoms with E-state index in [1.165, 1.54) is 22.5 Å². The topological polar surface area (TPSA) is 99.7 Å². The second-order valence-electron chi connectivity index (χ2n) is 7.52. The van der Waals surface area contributed by atoms with Crippen molar-refractivity contribution in [3.05, 3.63) is 53.3 Å². The number of sulfonamides is 1. The fourth-order valence-corrected chi connectivity index (χ4v) is 5.42. The number of halogens is 1. The lowest BCUT2D eigenvalue weighted by Crippen LogP contribution is -2.41. The highest BCUT2D eigenvalue weighted by Crippen LogP contribution is 2.27. The van der Waals surface area contributed by atoms with Crippen LogP contribution in [0.25, 0.3) is 0 Å². The number of rotatable bonds is 7. The first-order chi connectivity index (χ1) is 15.3. The zero-order valence-corrected chi connectivity index (χ0v) is 19.7. The van der Waals surface area contributed by atoms with Gasteiger partial charge in [0.05, 0.1) is 15.5 Å². The standard InChI is InChI=1S/C22H27ClN4O4S/c1-3-27(4-2)32(30,31)18-5-6-20(23)19(15-18)22(29)26-13-9-16(10-14-26)21(28)25-17-7-11-24-12-8-17/h5-8,11-12,15-16H,3-4,9-10,13-14H2,1-2H3,(H,24,25,28). The highest BCUT2D eigenvalue weighted by atomic mass is 35.5. The molecule has 1 aromatic carbocycles. The molecule has 0 saturated carbocycles. The van der Waals surface area contributed by atoms with Gasteiger partial charge in [-0.05, 0) is 43.2 Å². The number of benzene rings is 1. The van der Waals surface area contributed by atoms with E-state index in [1.54, 1.807) is 43.3 Å². The fourth-order valence-electron chi connectivity index (χ4n) is 3.74. The number of nitrogens with zero attached hydrogens (tertiary/aromatic N) is 3. The summed E-state index contributed by atoms with van der Waals surface area (Å²) in [6.07, 6.45) is 4.24. The summed E-state index contributed by atoms with van der Waals surface area (Å²) in [4.78, 5) is 31.2. The number of carbonyl (C=O) groups is 2. The van der Waals surface area contributed by atoms with Crippen molar-refractivity contribution >= 4 is 39.1 Å². The van der Waals surface area contributed by atoms with Crippen molar-refractivity contribution in [2.24, 2.45) is 5.92 Å². The van der Waals surface area contributed by atoms with Gasteiger partial charge in [0.1, 0.15) is 0 Å². The Balaban J connectivity index is 1.69. The van der Waals surface area contributed by atoms with Crippen LogP contribution in [0.3, 0.4) is 0 Å². The molecular weight excluding hydrogens is 452 g/mol. The van der Waals surface area contributed by atoms with Crippen molar-refractivity contribution in [2.75, 3.05) is 31.5 Å². The van der Waals surface area contributed by atoms with Gasteiger partial charge in [-0.1, -0.05) is 25.4 Å².